The van der Waals surface area contributed by atoms with Crippen LogP contribution in [0.15, 0.2) is 52.3 Å². The SMILES string of the molecule is Cc1ccc(Sc2ccccc2CCN)c(C)c1. The van der Waals surface area contributed by atoms with Gasteiger partial charge in [-0.25, -0.2) is 0 Å². The zero-order chi connectivity index (χ0) is 13.0. The van der Waals surface area contributed by atoms with Gasteiger partial charge >= 0.3 is 0 Å². The number of aryl methyl sites for hydroxylation is 2. The first-order valence-corrected chi connectivity index (χ1v) is 7.05. The smallest absolute Gasteiger partial charge is 0.0154 e. The van der Waals surface area contributed by atoms with Crippen molar-refractivity contribution in [2.24, 2.45) is 5.73 Å². The molecule has 2 N–H and O–H groups in total. The highest BCUT2D eigenvalue weighted by Gasteiger charge is 2.05. The Morgan fingerprint density at radius 2 is 1.78 bits per heavy atom. The van der Waals surface area contributed by atoms with Crippen molar-refractivity contribution in [3.05, 3.63) is 59.2 Å². The predicted octanol–water partition coefficient (Wildman–Crippen LogP) is 3.96. The van der Waals surface area contributed by atoms with Crippen LogP contribution in [0.4, 0.5) is 0 Å². The van der Waals surface area contributed by atoms with Crippen LogP contribution in [-0.4, -0.2) is 6.54 Å². The number of benzene rings is 2. The van der Waals surface area contributed by atoms with Crippen molar-refractivity contribution in [1.82, 2.24) is 0 Å². The lowest BCUT2D eigenvalue weighted by atomic mass is 10.1. The summed E-state index contributed by atoms with van der Waals surface area (Å²) in [5, 5.41) is 0. The van der Waals surface area contributed by atoms with E-state index in [1.54, 1.807) is 0 Å². The highest BCUT2D eigenvalue weighted by Crippen LogP contribution is 2.33. The van der Waals surface area contributed by atoms with Crippen molar-refractivity contribution in [3.63, 3.8) is 0 Å². The third-order valence-electron chi connectivity index (χ3n) is 2.94. The zero-order valence-electron chi connectivity index (χ0n) is 10.9. The summed E-state index contributed by atoms with van der Waals surface area (Å²) in [6, 6.07) is 15.1. The molecule has 0 radical (unpaired) electrons. The maximum atomic E-state index is 5.66. The fourth-order valence-corrected chi connectivity index (χ4v) is 3.04. The molecule has 0 saturated carbocycles. The molecule has 0 aliphatic heterocycles. The lowest BCUT2D eigenvalue weighted by Crippen LogP contribution is -2.03. The van der Waals surface area contributed by atoms with Crippen LogP contribution in [0, 0.1) is 13.8 Å². The van der Waals surface area contributed by atoms with Crippen LogP contribution in [-0.2, 0) is 6.42 Å². The van der Waals surface area contributed by atoms with Crippen molar-refractivity contribution < 1.29 is 0 Å². The second-order valence-electron chi connectivity index (χ2n) is 4.52. The molecule has 18 heavy (non-hydrogen) atoms. The van der Waals surface area contributed by atoms with Crippen molar-refractivity contribution in [1.29, 1.82) is 0 Å². The van der Waals surface area contributed by atoms with Gasteiger partial charge in [0.2, 0.25) is 0 Å². The zero-order valence-corrected chi connectivity index (χ0v) is 11.8. The molecule has 2 aromatic carbocycles. The van der Waals surface area contributed by atoms with Crippen LogP contribution >= 0.6 is 11.8 Å². The molecule has 0 aromatic heterocycles. The Labute approximate surface area is 113 Å². The summed E-state index contributed by atoms with van der Waals surface area (Å²) in [4.78, 5) is 2.64. The van der Waals surface area contributed by atoms with Crippen LogP contribution in [0.3, 0.4) is 0 Å². The molecule has 0 saturated heterocycles. The second-order valence-corrected chi connectivity index (χ2v) is 5.60. The fourth-order valence-electron chi connectivity index (χ4n) is 2.00. The summed E-state index contributed by atoms with van der Waals surface area (Å²) in [6.45, 7) is 5.00. The first-order chi connectivity index (χ1) is 8.70. The van der Waals surface area contributed by atoms with Crippen LogP contribution < -0.4 is 5.73 Å². The van der Waals surface area contributed by atoms with E-state index in [1.807, 2.05) is 11.8 Å². The summed E-state index contributed by atoms with van der Waals surface area (Å²) >= 11 is 1.83. The Balaban J connectivity index is 2.28. The molecule has 2 rings (SSSR count). The van der Waals surface area contributed by atoms with Gasteiger partial charge in [0.1, 0.15) is 0 Å². The third kappa shape index (κ3) is 3.15. The van der Waals surface area contributed by atoms with Gasteiger partial charge in [0, 0.05) is 9.79 Å². The molecule has 0 amide bonds. The highest BCUT2D eigenvalue weighted by atomic mass is 32.2. The molecule has 2 aromatic rings. The Bertz CT molecular complexity index is 534. The largest absolute Gasteiger partial charge is 0.330 e. The van der Waals surface area contributed by atoms with Crippen LogP contribution in [0.25, 0.3) is 0 Å². The molecule has 1 nitrogen and oxygen atoms in total. The quantitative estimate of drug-likeness (QED) is 0.897. The molecule has 0 fully saturated rings. The molecule has 94 valence electrons. The van der Waals surface area contributed by atoms with Crippen molar-refractivity contribution >= 4 is 11.8 Å². The number of hydrogen-bond donors (Lipinski definition) is 1. The van der Waals surface area contributed by atoms with E-state index >= 15 is 0 Å². The van der Waals surface area contributed by atoms with E-state index in [0.717, 1.165) is 6.42 Å². The molecule has 0 spiro atoms. The summed E-state index contributed by atoms with van der Waals surface area (Å²) in [5.41, 5.74) is 9.65. The molecule has 0 aliphatic carbocycles. The van der Waals surface area contributed by atoms with E-state index < -0.39 is 0 Å². The maximum Gasteiger partial charge on any atom is 0.0154 e. The standard InChI is InChI=1S/C16H19NS/c1-12-7-8-15(13(2)11-12)18-16-6-4-3-5-14(16)9-10-17/h3-8,11H,9-10,17H2,1-2H3. The first kappa shape index (κ1) is 13.2. The van der Waals surface area contributed by atoms with E-state index in [1.165, 1.54) is 26.5 Å². The molecule has 0 bridgehead atoms. The van der Waals surface area contributed by atoms with Crippen LogP contribution in [0.2, 0.25) is 0 Å². The first-order valence-electron chi connectivity index (χ1n) is 6.24. The topological polar surface area (TPSA) is 26.0 Å². The number of nitrogens with two attached hydrogens (primary N) is 1. The average Bonchev–Trinajstić information content (AvgIpc) is 2.35. The molecular formula is C16H19NS. The van der Waals surface area contributed by atoms with Crippen molar-refractivity contribution in [2.45, 2.75) is 30.1 Å². The van der Waals surface area contributed by atoms with Crippen molar-refractivity contribution in [2.75, 3.05) is 6.54 Å². The highest BCUT2D eigenvalue weighted by molar-refractivity contribution is 7.99. The van der Waals surface area contributed by atoms with Gasteiger partial charge in [-0.1, -0.05) is 47.7 Å². The van der Waals surface area contributed by atoms with Gasteiger partial charge in [0.05, 0.1) is 0 Å². The molecule has 0 unspecified atom stereocenters. The normalized spacial score (nSPS) is 10.6. The van der Waals surface area contributed by atoms with Gasteiger partial charge in [-0.3, -0.25) is 0 Å². The third-order valence-corrected chi connectivity index (χ3v) is 4.23. The summed E-state index contributed by atoms with van der Waals surface area (Å²) in [7, 11) is 0. The summed E-state index contributed by atoms with van der Waals surface area (Å²) in [5.74, 6) is 0. The monoisotopic (exact) mass is 257 g/mol. The Kier molecular flexibility index (Phi) is 4.45. The molecular weight excluding hydrogens is 238 g/mol. The second kappa shape index (κ2) is 6.07. The van der Waals surface area contributed by atoms with Crippen molar-refractivity contribution in [3.8, 4) is 0 Å². The van der Waals surface area contributed by atoms with Gasteiger partial charge in [-0.05, 0) is 50.1 Å². The van der Waals surface area contributed by atoms with E-state index in [0.29, 0.717) is 6.54 Å². The minimum atomic E-state index is 0.699. The Morgan fingerprint density at radius 1 is 1.00 bits per heavy atom. The summed E-state index contributed by atoms with van der Waals surface area (Å²) < 4.78 is 0. The van der Waals surface area contributed by atoms with Gasteiger partial charge < -0.3 is 5.73 Å². The minimum Gasteiger partial charge on any atom is -0.330 e. The van der Waals surface area contributed by atoms with Gasteiger partial charge in [0.25, 0.3) is 0 Å². The Hall–Kier alpha value is -1.25. The molecule has 0 heterocycles. The van der Waals surface area contributed by atoms with E-state index in [9.17, 15) is 0 Å². The predicted molar refractivity (Wildman–Crippen MR) is 79.2 cm³/mol. The van der Waals surface area contributed by atoms with E-state index in [2.05, 4.69) is 56.3 Å². The number of hydrogen-bond acceptors (Lipinski definition) is 2. The van der Waals surface area contributed by atoms with Crippen LogP contribution in [0.5, 0.6) is 0 Å². The summed E-state index contributed by atoms with van der Waals surface area (Å²) in [6.07, 6.45) is 0.939. The minimum absolute atomic E-state index is 0.699. The molecule has 0 atom stereocenters. The van der Waals surface area contributed by atoms with E-state index in [4.69, 9.17) is 5.73 Å². The maximum absolute atomic E-state index is 5.66. The van der Waals surface area contributed by atoms with Gasteiger partial charge in [0.15, 0.2) is 0 Å². The lowest BCUT2D eigenvalue weighted by molar-refractivity contribution is 0.944. The van der Waals surface area contributed by atoms with Crippen LogP contribution in [0.1, 0.15) is 16.7 Å². The average molecular weight is 257 g/mol. The van der Waals surface area contributed by atoms with Gasteiger partial charge in [-0.2, -0.15) is 0 Å². The Morgan fingerprint density at radius 3 is 2.50 bits per heavy atom. The molecule has 0 aliphatic rings. The van der Waals surface area contributed by atoms with E-state index in [-0.39, 0.29) is 0 Å². The fraction of sp³-hybridized carbons (Fsp3) is 0.250. The van der Waals surface area contributed by atoms with Gasteiger partial charge in [-0.15, -0.1) is 0 Å². The lowest BCUT2D eigenvalue weighted by Gasteiger charge is -2.10. The molecule has 2 heteroatoms. The number of rotatable bonds is 4.